The summed E-state index contributed by atoms with van der Waals surface area (Å²) >= 11 is 0. The number of ketones is 3. The Morgan fingerprint density at radius 2 is 1.80 bits per heavy atom. The van der Waals surface area contributed by atoms with Crippen LogP contribution in [0.2, 0.25) is 0 Å². The second kappa shape index (κ2) is 8.67. The normalized spacial score (nSPS) is 22.6. The van der Waals surface area contributed by atoms with E-state index in [1.165, 1.54) is 17.7 Å². The summed E-state index contributed by atoms with van der Waals surface area (Å²) in [6.07, 6.45) is 8.76. The van der Waals surface area contributed by atoms with Gasteiger partial charge in [0.15, 0.2) is 17.3 Å². The molecule has 30 heavy (non-hydrogen) atoms. The molecule has 2 atom stereocenters. The Balaban J connectivity index is 1.74. The number of hydrogen-bond donors (Lipinski definition) is 0. The van der Waals surface area contributed by atoms with E-state index in [4.69, 9.17) is 0 Å². The molecule has 3 rings (SSSR count). The highest BCUT2D eigenvalue weighted by Crippen LogP contribution is 2.50. The molecule has 0 amide bonds. The SMILES string of the molecule is C=C1CC[C@H](CC(=O)C=C(C)C)C(C)(C)[C@H]1CCc1ccc2c(c1)C(=O)C=CC2=O. The number of allylic oxidation sites excluding steroid dienone is 5. The fraction of sp³-hybridized carbons (Fsp3) is 0.444. The maximum absolute atomic E-state index is 12.4. The van der Waals surface area contributed by atoms with Gasteiger partial charge in [0, 0.05) is 17.5 Å². The first kappa shape index (κ1) is 22.1. The first-order valence-electron chi connectivity index (χ1n) is 10.8. The van der Waals surface area contributed by atoms with Gasteiger partial charge in [0.05, 0.1) is 0 Å². The van der Waals surface area contributed by atoms with Gasteiger partial charge in [-0.3, -0.25) is 14.4 Å². The first-order valence-corrected chi connectivity index (χ1v) is 10.8. The molecule has 0 aliphatic heterocycles. The van der Waals surface area contributed by atoms with Gasteiger partial charge in [0.2, 0.25) is 0 Å². The predicted octanol–water partition coefficient (Wildman–Crippen LogP) is 6.09. The van der Waals surface area contributed by atoms with Gasteiger partial charge in [-0.2, -0.15) is 0 Å². The van der Waals surface area contributed by atoms with Crippen molar-refractivity contribution in [2.45, 2.75) is 59.8 Å². The average Bonchev–Trinajstić information content (AvgIpc) is 2.66. The van der Waals surface area contributed by atoms with Gasteiger partial charge >= 0.3 is 0 Å². The zero-order valence-corrected chi connectivity index (χ0v) is 18.6. The van der Waals surface area contributed by atoms with Crippen LogP contribution < -0.4 is 0 Å². The molecule has 0 unspecified atom stereocenters. The minimum Gasteiger partial charge on any atom is -0.295 e. The van der Waals surface area contributed by atoms with Gasteiger partial charge in [-0.25, -0.2) is 0 Å². The van der Waals surface area contributed by atoms with Gasteiger partial charge in [-0.1, -0.05) is 43.7 Å². The summed E-state index contributed by atoms with van der Waals surface area (Å²) in [5.41, 5.74) is 4.36. The smallest absolute Gasteiger partial charge is 0.186 e. The number of carbonyl (C=O) groups is 3. The summed E-state index contributed by atoms with van der Waals surface area (Å²) in [5.74, 6) is 0.659. The predicted molar refractivity (Wildman–Crippen MR) is 121 cm³/mol. The number of hydrogen-bond acceptors (Lipinski definition) is 3. The Morgan fingerprint density at radius 3 is 2.47 bits per heavy atom. The van der Waals surface area contributed by atoms with E-state index in [2.05, 4.69) is 20.4 Å². The van der Waals surface area contributed by atoms with E-state index in [-0.39, 0.29) is 22.8 Å². The molecule has 2 aliphatic rings. The van der Waals surface area contributed by atoms with Crippen LogP contribution in [0.1, 0.15) is 79.7 Å². The second-order valence-corrected chi connectivity index (χ2v) is 9.64. The van der Waals surface area contributed by atoms with Crippen molar-refractivity contribution >= 4 is 17.3 Å². The van der Waals surface area contributed by atoms with Gasteiger partial charge < -0.3 is 0 Å². The molecule has 1 aromatic carbocycles. The van der Waals surface area contributed by atoms with Gasteiger partial charge in [0.25, 0.3) is 0 Å². The van der Waals surface area contributed by atoms with E-state index >= 15 is 0 Å². The molecule has 2 aliphatic carbocycles. The molecule has 0 heterocycles. The molecule has 3 heteroatoms. The Labute approximate surface area is 179 Å². The van der Waals surface area contributed by atoms with Crippen LogP contribution in [0.5, 0.6) is 0 Å². The molecular formula is C27H32O3. The van der Waals surface area contributed by atoms with Crippen molar-refractivity contribution < 1.29 is 14.4 Å². The summed E-state index contributed by atoms with van der Waals surface area (Å²) in [6.45, 7) is 12.8. The number of carbonyl (C=O) groups excluding carboxylic acids is 3. The van der Waals surface area contributed by atoms with Crippen molar-refractivity contribution in [1.82, 2.24) is 0 Å². The standard InChI is InChI=1S/C27H32O3/c1-17(2)14-21(28)16-20-9-6-18(3)24(27(20,4)5)11-8-19-7-10-22-23(15-19)26(30)13-12-25(22)29/h7,10,12-15,20,24H,3,6,8-9,11,16H2,1-2,4-5H3/t20-,24+/m1/s1. The average molecular weight is 405 g/mol. The van der Waals surface area contributed by atoms with Crippen molar-refractivity contribution in [1.29, 1.82) is 0 Å². The van der Waals surface area contributed by atoms with Crippen LogP contribution in [-0.2, 0) is 11.2 Å². The van der Waals surface area contributed by atoms with E-state index in [1.54, 1.807) is 12.1 Å². The fourth-order valence-electron chi connectivity index (χ4n) is 5.09. The summed E-state index contributed by atoms with van der Waals surface area (Å²) in [4.78, 5) is 36.6. The highest BCUT2D eigenvalue weighted by Gasteiger charge is 2.42. The molecular weight excluding hydrogens is 372 g/mol. The lowest BCUT2D eigenvalue weighted by molar-refractivity contribution is -0.117. The Hall–Kier alpha value is -2.55. The maximum Gasteiger partial charge on any atom is 0.186 e. The Kier molecular flexibility index (Phi) is 6.40. The largest absolute Gasteiger partial charge is 0.295 e. The number of rotatable bonds is 6. The zero-order chi connectivity index (χ0) is 22.1. The molecule has 0 N–H and O–H groups in total. The van der Waals surface area contributed by atoms with Gasteiger partial charge in [-0.05, 0) is 86.6 Å². The minimum atomic E-state index is -0.109. The maximum atomic E-state index is 12.4. The van der Waals surface area contributed by atoms with Crippen LogP contribution in [-0.4, -0.2) is 17.3 Å². The topological polar surface area (TPSA) is 51.2 Å². The lowest BCUT2D eigenvalue weighted by atomic mass is 9.58. The van der Waals surface area contributed by atoms with E-state index < -0.39 is 0 Å². The molecule has 0 aromatic heterocycles. The molecule has 3 nitrogen and oxygen atoms in total. The highest BCUT2D eigenvalue weighted by atomic mass is 16.1. The molecule has 158 valence electrons. The van der Waals surface area contributed by atoms with E-state index in [0.717, 1.165) is 36.8 Å². The third-order valence-corrected chi connectivity index (χ3v) is 6.88. The van der Waals surface area contributed by atoms with Crippen molar-refractivity contribution in [3.8, 4) is 0 Å². The Morgan fingerprint density at radius 1 is 1.13 bits per heavy atom. The molecule has 0 spiro atoms. The van der Waals surface area contributed by atoms with Crippen LogP contribution in [0.3, 0.4) is 0 Å². The van der Waals surface area contributed by atoms with E-state index in [9.17, 15) is 14.4 Å². The van der Waals surface area contributed by atoms with E-state index in [1.807, 2.05) is 26.0 Å². The van der Waals surface area contributed by atoms with Gasteiger partial charge in [0.1, 0.15) is 0 Å². The van der Waals surface area contributed by atoms with Crippen LogP contribution >= 0.6 is 0 Å². The number of aryl methyl sites for hydroxylation is 1. The molecule has 0 saturated heterocycles. The van der Waals surface area contributed by atoms with Crippen molar-refractivity contribution in [3.05, 3.63) is 70.8 Å². The zero-order valence-electron chi connectivity index (χ0n) is 18.6. The summed E-state index contributed by atoms with van der Waals surface area (Å²) in [5, 5.41) is 0. The summed E-state index contributed by atoms with van der Waals surface area (Å²) in [7, 11) is 0. The molecule has 1 aromatic rings. The van der Waals surface area contributed by atoms with Crippen LogP contribution in [0.15, 0.2) is 54.2 Å². The third-order valence-electron chi connectivity index (χ3n) is 6.88. The van der Waals surface area contributed by atoms with E-state index in [0.29, 0.717) is 29.4 Å². The molecule has 1 saturated carbocycles. The molecule has 0 radical (unpaired) electrons. The number of benzene rings is 1. The van der Waals surface area contributed by atoms with Crippen molar-refractivity contribution in [2.75, 3.05) is 0 Å². The highest BCUT2D eigenvalue weighted by molar-refractivity contribution is 6.22. The molecule has 0 bridgehead atoms. The first-order chi connectivity index (χ1) is 14.1. The van der Waals surface area contributed by atoms with Gasteiger partial charge in [-0.15, -0.1) is 0 Å². The minimum absolute atomic E-state index is 0.0107. The van der Waals surface area contributed by atoms with Crippen LogP contribution in [0.4, 0.5) is 0 Å². The monoisotopic (exact) mass is 404 g/mol. The number of fused-ring (bicyclic) bond motifs is 1. The Bertz CT molecular complexity index is 954. The van der Waals surface area contributed by atoms with Crippen molar-refractivity contribution in [3.63, 3.8) is 0 Å². The lowest BCUT2D eigenvalue weighted by Gasteiger charge is -2.46. The lowest BCUT2D eigenvalue weighted by Crippen LogP contribution is -2.39. The van der Waals surface area contributed by atoms with Crippen LogP contribution in [0.25, 0.3) is 0 Å². The summed E-state index contributed by atoms with van der Waals surface area (Å²) < 4.78 is 0. The second-order valence-electron chi connectivity index (χ2n) is 9.64. The quantitative estimate of drug-likeness (QED) is 0.426. The molecule has 1 fully saturated rings. The summed E-state index contributed by atoms with van der Waals surface area (Å²) in [6, 6.07) is 5.60. The fourth-order valence-corrected chi connectivity index (χ4v) is 5.09. The van der Waals surface area contributed by atoms with Crippen molar-refractivity contribution in [2.24, 2.45) is 17.3 Å². The third kappa shape index (κ3) is 4.61. The van der Waals surface area contributed by atoms with Crippen LogP contribution in [0, 0.1) is 17.3 Å².